The van der Waals surface area contributed by atoms with Gasteiger partial charge in [-0.3, -0.25) is 4.79 Å². The number of carbonyl (C=O) groups is 2. The van der Waals surface area contributed by atoms with Crippen LogP contribution in [0.25, 0.3) is 11.1 Å². The minimum atomic E-state index is -1.07. The van der Waals surface area contributed by atoms with Crippen molar-refractivity contribution in [3.05, 3.63) is 58.6 Å². The maximum Gasteiger partial charge on any atom is 0.337 e. The normalized spacial score (nSPS) is 10.2. The lowest BCUT2D eigenvalue weighted by molar-refractivity contribution is 0.0697. The van der Waals surface area contributed by atoms with Crippen molar-refractivity contribution in [2.75, 3.05) is 0 Å². The number of carboxylic acids is 1. The number of ketones is 1. The van der Waals surface area contributed by atoms with Gasteiger partial charge in [-0.1, -0.05) is 48.0 Å². The van der Waals surface area contributed by atoms with Crippen molar-refractivity contribution >= 4 is 23.4 Å². The first-order valence-electron chi connectivity index (χ1n) is 5.64. The van der Waals surface area contributed by atoms with Crippen molar-refractivity contribution in [3.63, 3.8) is 0 Å². The molecule has 3 nitrogen and oxygen atoms in total. The predicted octanol–water partition coefficient (Wildman–Crippen LogP) is 3.91. The number of benzene rings is 2. The molecule has 0 aliphatic heterocycles. The summed E-state index contributed by atoms with van der Waals surface area (Å²) < 4.78 is 0. The van der Waals surface area contributed by atoms with E-state index in [1.807, 2.05) is 0 Å². The number of hydrogen-bond donors (Lipinski definition) is 1. The highest BCUT2D eigenvalue weighted by atomic mass is 35.5. The van der Waals surface area contributed by atoms with E-state index in [2.05, 4.69) is 0 Å². The van der Waals surface area contributed by atoms with Gasteiger partial charge in [0.05, 0.1) is 10.6 Å². The largest absolute Gasteiger partial charge is 0.478 e. The summed E-state index contributed by atoms with van der Waals surface area (Å²) >= 11 is 5.92. The summed E-state index contributed by atoms with van der Waals surface area (Å²) in [4.78, 5) is 22.5. The third kappa shape index (κ3) is 2.66. The minimum Gasteiger partial charge on any atom is -0.478 e. The van der Waals surface area contributed by atoms with Crippen molar-refractivity contribution < 1.29 is 14.7 Å². The molecule has 2 aromatic carbocycles. The fourth-order valence-corrected chi connectivity index (χ4v) is 2.12. The number of rotatable bonds is 3. The van der Waals surface area contributed by atoms with Crippen LogP contribution in [0.5, 0.6) is 0 Å². The molecular formula is C15H11ClO3. The number of carboxylic acid groups (broad SMARTS) is 1. The Bertz CT molecular complexity index is 645. The SMILES string of the molecule is CC(=O)c1ccc(-c2cccc(Cl)c2C(=O)O)cc1. The summed E-state index contributed by atoms with van der Waals surface area (Å²) in [5, 5.41) is 9.41. The molecule has 0 bridgehead atoms. The van der Waals surface area contributed by atoms with Gasteiger partial charge in [0.25, 0.3) is 0 Å². The third-order valence-corrected chi connectivity index (χ3v) is 3.14. The van der Waals surface area contributed by atoms with Gasteiger partial charge in [0.15, 0.2) is 5.78 Å². The maximum absolute atomic E-state index is 11.3. The van der Waals surface area contributed by atoms with E-state index >= 15 is 0 Å². The molecule has 0 unspecified atom stereocenters. The van der Waals surface area contributed by atoms with Crippen LogP contribution in [-0.2, 0) is 0 Å². The average Bonchev–Trinajstić information content (AvgIpc) is 2.38. The van der Waals surface area contributed by atoms with Crippen molar-refractivity contribution in [2.45, 2.75) is 6.92 Å². The molecular weight excluding hydrogens is 264 g/mol. The number of aromatic carboxylic acids is 1. The molecule has 0 heterocycles. The van der Waals surface area contributed by atoms with E-state index < -0.39 is 5.97 Å². The molecule has 0 fully saturated rings. The Kier molecular flexibility index (Phi) is 3.67. The Morgan fingerprint density at radius 2 is 1.68 bits per heavy atom. The van der Waals surface area contributed by atoms with Gasteiger partial charge < -0.3 is 5.11 Å². The molecule has 2 rings (SSSR count). The molecule has 0 aromatic heterocycles. The van der Waals surface area contributed by atoms with Crippen LogP contribution in [0.3, 0.4) is 0 Å². The topological polar surface area (TPSA) is 54.4 Å². The number of halogens is 1. The average molecular weight is 275 g/mol. The lowest BCUT2D eigenvalue weighted by atomic mass is 9.98. The molecule has 0 spiro atoms. The van der Waals surface area contributed by atoms with Gasteiger partial charge in [-0.2, -0.15) is 0 Å². The zero-order chi connectivity index (χ0) is 14.0. The number of Topliss-reactive ketones (excluding diaryl/α,β-unsaturated/α-hetero) is 1. The van der Waals surface area contributed by atoms with Gasteiger partial charge in [0.1, 0.15) is 0 Å². The van der Waals surface area contributed by atoms with E-state index in [0.717, 1.165) is 0 Å². The summed E-state index contributed by atoms with van der Waals surface area (Å²) in [6.45, 7) is 1.48. The first-order valence-corrected chi connectivity index (χ1v) is 6.01. The highest BCUT2D eigenvalue weighted by Crippen LogP contribution is 2.29. The van der Waals surface area contributed by atoms with Crippen LogP contribution >= 0.6 is 11.6 Å². The van der Waals surface area contributed by atoms with Gasteiger partial charge in [-0.15, -0.1) is 0 Å². The lowest BCUT2D eigenvalue weighted by Gasteiger charge is -2.08. The van der Waals surface area contributed by atoms with E-state index in [-0.39, 0.29) is 16.4 Å². The summed E-state index contributed by atoms with van der Waals surface area (Å²) in [5.41, 5.74) is 1.90. The highest BCUT2D eigenvalue weighted by molar-refractivity contribution is 6.34. The second-order valence-electron chi connectivity index (χ2n) is 4.10. The quantitative estimate of drug-likeness (QED) is 0.864. The van der Waals surface area contributed by atoms with Crippen LogP contribution in [0.4, 0.5) is 0 Å². The monoisotopic (exact) mass is 274 g/mol. The molecule has 19 heavy (non-hydrogen) atoms. The van der Waals surface area contributed by atoms with Crippen LogP contribution in [0, 0.1) is 0 Å². The van der Waals surface area contributed by atoms with Crippen molar-refractivity contribution in [1.29, 1.82) is 0 Å². The zero-order valence-electron chi connectivity index (χ0n) is 10.2. The first kappa shape index (κ1) is 13.3. The maximum atomic E-state index is 11.3. The Morgan fingerprint density at radius 3 is 2.21 bits per heavy atom. The summed E-state index contributed by atoms with van der Waals surface area (Å²) in [6, 6.07) is 11.7. The summed E-state index contributed by atoms with van der Waals surface area (Å²) in [7, 11) is 0. The van der Waals surface area contributed by atoms with E-state index in [0.29, 0.717) is 16.7 Å². The smallest absolute Gasteiger partial charge is 0.337 e. The van der Waals surface area contributed by atoms with Crippen LogP contribution in [0.2, 0.25) is 5.02 Å². The van der Waals surface area contributed by atoms with E-state index in [9.17, 15) is 14.7 Å². The molecule has 0 aliphatic carbocycles. The summed E-state index contributed by atoms with van der Waals surface area (Å²) in [6.07, 6.45) is 0. The zero-order valence-corrected chi connectivity index (χ0v) is 10.9. The Balaban J connectivity index is 2.56. The number of carbonyl (C=O) groups excluding carboxylic acids is 1. The van der Waals surface area contributed by atoms with Crippen LogP contribution < -0.4 is 0 Å². The Hall–Kier alpha value is -2.13. The number of hydrogen-bond acceptors (Lipinski definition) is 2. The minimum absolute atomic E-state index is 0.0314. The molecule has 0 aliphatic rings. The van der Waals surface area contributed by atoms with E-state index in [1.54, 1.807) is 42.5 Å². The van der Waals surface area contributed by atoms with Crippen LogP contribution in [0.1, 0.15) is 27.6 Å². The highest BCUT2D eigenvalue weighted by Gasteiger charge is 2.15. The van der Waals surface area contributed by atoms with Gasteiger partial charge in [0, 0.05) is 5.56 Å². The molecule has 4 heteroatoms. The molecule has 2 aromatic rings. The van der Waals surface area contributed by atoms with Crippen LogP contribution in [-0.4, -0.2) is 16.9 Å². The molecule has 0 amide bonds. The van der Waals surface area contributed by atoms with Crippen molar-refractivity contribution in [2.24, 2.45) is 0 Å². The van der Waals surface area contributed by atoms with Crippen molar-refractivity contribution in [3.8, 4) is 11.1 Å². The molecule has 0 radical (unpaired) electrons. The predicted molar refractivity (Wildman–Crippen MR) is 73.9 cm³/mol. The third-order valence-electron chi connectivity index (χ3n) is 2.83. The fraction of sp³-hybridized carbons (Fsp3) is 0.0667. The molecule has 0 saturated carbocycles. The van der Waals surface area contributed by atoms with Gasteiger partial charge in [-0.05, 0) is 24.1 Å². The van der Waals surface area contributed by atoms with Crippen molar-refractivity contribution in [1.82, 2.24) is 0 Å². The second kappa shape index (κ2) is 5.24. The summed E-state index contributed by atoms with van der Waals surface area (Å²) in [5.74, 6) is -1.10. The fourth-order valence-electron chi connectivity index (χ4n) is 1.87. The van der Waals surface area contributed by atoms with Gasteiger partial charge >= 0.3 is 5.97 Å². The second-order valence-corrected chi connectivity index (χ2v) is 4.51. The van der Waals surface area contributed by atoms with Gasteiger partial charge in [0.2, 0.25) is 0 Å². The van der Waals surface area contributed by atoms with Gasteiger partial charge in [-0.25, -0.2) is 4.79 Å². The first-order chi connectivity index (χ1) is 9.00. The van der Waals surface area contributed by atoms with Crippen LogP contribution in [0.15, 0.2) is 42.5 Å². The Morgan fingerprint density at radius 1 is 1.05 bits per heavy atom. The lowest BCUT2D eigenvalue weighted by Crippen LogP contribution is -2.01. The molecule has 0 saturated heterocycles. The standard InChI is InChI=1S/C15H11ClO3/c1-9(17)10-5-7-11(8-6-10)12-3-2-4-13(16)14(12)15(18)19/h2-8H,1H3,(H,18,19). The molecule has 96 valence electrons. The van der Waals surface area contributed by atoms with E-state index in [4.69, 9.17) is 11.6 Å². The molecule has 1 N–H and O–H groups in total. The molecule has 0 atom stereocenters. The Labute approximate surface area is 115 Å². The van der Waals surface area contributed by atoms with E-state index in [1.165, 1.54) is 6.92 Å².